The van der Waals surface area contributed by atoms with E-state index in [4.69, 9.17) is 9.47 Å². The Balaban J connectivity index is 1.96. The molecule has 0 amide bonds. The summed E-state index contributed by atoms with van der Waals surface area (Å²) in [4.78, 5) is 4.06. The molecule has 1 fully saturated rings. The van der Waals surface area contributed by atoms with Gasteiger partial charge >= 0.3 is 0 Å². The summed E-state index contributed by atoms with van der Waals surface area (Å²) in [5.41, 5.74) is 1.06. The van der Waals surface area contributed by atoms with E-state index in [1.807, 2.05) is 12.1 Å². The maximum atomic E-state index is 5.31. The van der Waals surface area contributed by atoms with Crippen molar-refractivity contribution in [3.63, 3.8) is 0 Å². The maximum absolute atomic E-state index is 5.31. The van der Waals surface area contributed by atoms with E-state index in [0.717, 1.165) is 31.7 Å². The van der Waals surface area contributed by atoms with Crippen LogP contribution < -0.4 is 10.1 Å². The second kappa shape index (κ2) is 4.98. The average molecular weight is 208 g/mol. The van der Waals surface area contributed by atoms with Crippen LogP contribution in [-0.2, 0) is 4.74 Å². The Morgan fingerprint density at radius 3 is 3.00 bits per heavy atom. The first-order chi connectivity index (χ1) is 7.38. The standard InChI is InChI=1S/C11H16N2O2/c1-14-11-8-10(2-5-12-11)13-9-3-6-15-7-4-9/h2,5,8-9H,3-4,6-7H2,1H3,(H,12,13). The summed E-state index contributed by atoms with van der Waals surface area (Å²) in [7, 11) is 1.63. The van der Waals surface area contributed by atoms with Gasteiger partial charge in [0.15, 0.2) is 0 Å². The Kier molecular flexibility index (Phi) is 3.40. The minimum absolute atomic E-state index is 0.505. The SMILES string of the molecule is COc1cc(NC2CCOCC2)ccn1. The Bertz CT molecular complexity index is 311. The van der Waals surface area contributed by atoms with Gasteiger partial charge in [0.1, 0.15) is 0 Å². The van der Waals surface area contributed by atoms with Crippen LogP contribution in [-0.4, -0.2) is 31.3 Å². The molecule has 2 rings (SSSR count). The number of nitrogens with zero attached hydrogens (tertiary/aromatic N) is 1. The van der Waals surface area contributed by atoms with Crippen molar-refractivity contribution in [2.45, 2.75) is 18.9 Å². The summed E-state index contributed by atoms with van der Waals surface area (Å²) in [6.45, 7) is 1.69. The van der Waals surface area contributed by atoms with Crippen LogP contribution in [0.25, 0.3) is 0 Å². The molecule has 1 aliphatic rings. The summed E-state index contributed by atoms with van der Waals surface area (Å²) >= 11 is 0. The molecule has 1 aliphatic heterocycles. The van der Waals surface area contributed by atoms with Crippen molar-refractivity contribution in [2.75, 3.05) is 25.6 Å². The van der Waals surface area contributed by atoms with E-state index in [9.17, 15) is 0 Å². The summed E-state index contributed by atoms with van der Waals surface area (Å²) < 4.78 is 10.4. The van der Waals surface area contributed by atoms with Crippen LogP contribution >= 0.6 is 0 Å². The highest BCUT2D eigenvalue weighted by Gasteiger charge is 2.13. The molecule has 1 aromatic heterocycles. The fourth-order valence-corrected chi connectivity index (χ4v) is 1.69. The van der Waals surface area contributed by atoms with E-state index in [2.05, 4.69) is 10.3 Å². The fraction of sp³-hybridized carbons (Fsp3) is 0.545. The summed E-state index contributed by atoms with van der Waals surface area (Å²) in [6, 6.07) is 4.37. The molecule has 0 radical (unpaired) electrons. The van der Waals surface area contributed by atoms with Crippen LogP contribution in [0.4, 0.5) is 5.69 Å². The number of hydrogen-bond donors (Lipinski definition) is 1. The monoisotopic (exact) mass is 208 g/mol. The highest BCUT2D eigenvalue weighted by Crippen LogP contribution is 2.17. The van der Waals surface area contributed by atoms with E-state index in [1.165, 1.54) is 0 Å². The second-order valence-electron chi connectivity index (χ2n) is 3.62. The predicted octanol–water partition coefficient (Wildman–Crippen LogP) is 1.68. The van der Waals surface area contributed by atoms with Crippen LogP contribution in [0.15, 0.2) is 18.3 Å². The second-order valence-corrected chi connectivity index (χ2v) is 3.62. The van der Waals surface area contributed by atoms with Gasteiger partial charge < -0.3 is 14.8 Å². The van der Waals surface area contributed by atoms with Crippen molar-refractivity contribution in [3.8, 4) is 5.88 Å². The number of rotatable bonds is 3. The average Bonchev–Trinajstić information content (AvgIpc) is 2.31. The minimum atomic E-state index is 0.505. The van der Waals surface area contributed by atoms with Crippen molar-refractivity contribution in [1.82, 2.24) is 4.98 Å². The summed E-state index contributed by atoms with van der Waals surface area (Å²) in [6.07, 6.45) is 3.87. The van der Waals surface area contributed by atoms with Gasteiger partial charge in [0.05, 0.1) is 7.11 Å². The van der Waals surface area contributed by atoms with Gasteiger partial charge in [0.2, 0.25) is 5.88 Å². The van der Waals surface area contributed by atoms with Crippen LogP contribution in [0, 0.1) is 0 Å². The minimum Gasteiger partial charge on any atom is -0.481 e. The van der Waals surface area contributed by atoms with E-state index >= 15 is 0 Å². The molecule has 2 heterocycles. The Morgan fingerprint density at radius 2 is 2.27 bits per heavy atom. The zero-order valence-electron chi connectivity index (χ0n) is 8.90. The van der Waals surface area contributed by atoms with Gasteiger partial charge in [0.25, 0.3) is 0 Å². The van der Waals surface area contributed by atoms with Crippen molar-refractivity contribution in [3.05, 3.63) is 18.3 Å². The van der Waals surface area contributed by atoms with Gasteiger partial charge in [-0.05, 0) is 18.9 Å². The van der Waals surface area contributed by atoms with Crippen LogP contribution in [0.3, 0.4) is 0 Å². The van der Waals surface area contributed by atoms with E-state index < -0.39 is 0 Å². The summed E-state index contributed by atoms with van der Waals surface area (Å²) in [5.74, 6) is 0.645. The van der Waals surface area contributed by atoms with Crippen molar-refractivity contribution >= 4 is 5.69 Å². The lowest BCUT2D eigenvalue weighted by Gasteiger charge is -2.24. The Labute approximate surface area is 89.6 Å². The quantitative estimate of drug-likeness (QED) is 0.820. The third-order valence-electron chi connectivity index (χ3n) is 2.54. The van der Waals surface area contributed by atoms with E-state index in [0.29, 0.717) is 11.9 Å². The van der Waals surface area contributed by atoms with Gasteiger partial charge in [-0.1, -0.05) is 0 Å². The first kappa shape index (κ1) is 10.2. The van der Waals surface area contributed by atoms with Crippen molar-refractivity contribution in [1.29, 1.82) is 0 Å². The van der Waals surface area contributed by atoms with Crippen LogP contribution in [0.5, 0.6) is 5.88 Å². The van der Waals surface area contributed by atoms with Gasteiger partial charge in [-0.3, -0.25) is 0 Å². The molecule has 0 unspecified atom stereocenters. The molecule has 1 N–H and O–H groups in total. The molecule has 1 saturated heterocycles. The van der Waals surface area contributed by atoms with Crippen LogP contribution in [0.1, 0.15) is 12.8 Å². The van der Waals surface area contributed by atoms with Crippen molar-refractivity contribution in [2.24, 2.45) is 0 Å². The molecule has 0 aliphatic carbocycles. The van der Waals surface area contributed by atoms with Gasteiger partial charge in [-0.25, -0.2) is 4.98 Å². The lowest BCUT2D eigenvalue weighted by Crippen LogP contribution is -2.27. The Hall–Kier alpha value is -1.29. The third-order valence-corrected chi connectivity index (χ3v) is 2.54. The van der Waals surface area contributed by atoms with E-state index in [-0.39, 0.29) is 0 Å². The highest BCUT2D eigenvalue weighted by molar-refractivity contribution is 5.45. The zero-order valence-corrected chi connectivity index (χ0v) is 8.90. The molecule has 0 bridgehead atoms. The maximum Gasteiger partial charge on any atom is 0.214 e. The van der Waals surface area contributed by atoms with Gasteiger partial charge in [-0.2, -0.15) is 0 Å². The lowest BCUT2D eigenvalue weighted by molar-refractivity contribution is 0.0904. The third kappa shape index (κ3) is 2.83. The Morgan fingerprint density at radius 1 is 1.47 bits per heavy atom. The fourth-order valence-electron chi connectivity index (χ4n) is 1.69. The molecule has 0 saturated carbocycles. The number of anilines is 1. The molecular formula is C11H16N2O2. The van der Waals surface area contributed by atoms with Crippen LogP contribution in [0.2, 0.25) is 0 Å². The summed E-state index contributed by atoms with van der Waals surface area (Å²) in [5, 5.41) is 3.46. The van der Waals surface area contributed by atoms with Crippen molar-refractivity contribution < 1.29 is 9.47 Å². The molecule has 82 valence electrons. The smallest absolute Gasteiger partial charge is 0.214 e. The molecular weight excluding hydrogens is 192 g/mol. The number of aromatic nitrogens is 1. The number of methoxy groups -OCH3 is 1. The molecule has 0 spiro atoms. The molecule has 1 aromatic rings. The number of pyridine rings is 1. The normalized spacial score (nSPS) is 17.4. The lowest BCUT2D eigenvalue weighted by atomic mass is 10.1. The first-order valence-electron chi connectivity index (χ1n) is 5.23. The predicted molar refractivity (Wildman–Crippen MR) is 58.3 cm³/mol. The molecule has 0 aromatic carbocycles. The zero-order chi connectivity index (χ0) is 10.5. The highest BCUT2D eigenvalue weighted by atomic mass is 16.5. The number of hydrogen-bond acceptors (Lipinski definition) is 4. The molecule has 15 heavy (non-hydrogen) atoms. The first-order valence-corrected chi connectivity index (χ1v) is 5.23. The number of nitrogens with one attached hydrogen (secondary N) is 1. The number of ether oxygens (including phenoxy) is 2. The van der Waals surface area contributed by atoms with E-state index in [1.54, 1.807) is 13.3 Å². The van der Waals surface area contributed by atoms with Gasteiger partial charge in [0, 0.05) is 37.2 Å². The molecule has 0 atom stereocenters. The van der Waals surface area contributed by atoms with Gasteiger partial charge in [-0.15, -0.1) is 0 Å². The molecule has 4 heteroatoms. The topological polar surface area (TPSA) is 43.4 Å². The largest absolute Gasteiger partial charge is 0.481 e. The molecule has 4 nitrogen and oxygen atoms in total.